The van der Waals surface area contributed by atoms with Crippen molar-refractivity contribution in [1.29, 1.82) is 0 Å². The van der Waals surface area contributed by atoms with Gasteiger partial charge in [-0.1, -0.05) is 18.6 Å². The molecule has 0 aromatic heterocycles. The molecule has 1 atom stereocenters. The van der Waals surface area contributed by atoms with Gasteiger partial charge >= 0.3 is 0 Å². The lowest BCUT2D eigenvalue weighted by Crippen LogP contribution is -2.42. The molecule has 3 rings (SSSR count). The highest BCUT2D eigenvalue weighted by molar-refractivity contribution is 8.19. The summed E-state index contributed by atoms with van der Waals surface area (Å²) in [6, 6.07) is 8.80. The molecule has 2 saturated heterocycles. The highest BCUT2D eigenvalue weighted by Crippen LogP contribution is 2.45. The second-order valence-corrected chi connectivity index (χ2v) is 9.06. The van der Waals surface area contributed by atoms with Gasteiger partial charge in [-0.3, -0.25) is 9.69 Å². The number of thioether (sulfide) groups is 2. The molecule has 0 saturated carbocycles. The van der Waals surface area contributed by atoms with Crippen LogP contribution in [0.15, 0.2) is 24.3 Å². The van der Waals surface area contributed by atoms with Crippen molar-refractivity contribution in [3.63, 3.8) is 0 Å². The summed E-state index contributed by atoms with van der Waals surface area (Å²) in [4.78, 5) is 14.7. The van der Waals surface area contributed by atoms with Crippen LogP contribution < -0.4 is 5.32 Å². The van der Waals surface area contributed by atoms with Crippen LogP contribution in [-0.4, -0.2) is 48.0 Å². The zero-order valence-corrected chi connectivity index (χ0v) is 15.4. The van der Waals surface area contributed by atoms with Crippen LogP contribution in [0.2, 0.25) is 0 Å². The fourth-order valence-corrected chi connectivity index (χ4v) is 6.11. The number of hydrogen-bond acceptors (Lipinski definition) is 4. The van der Waals surface area contributed by atoms with E-state index in [9.17, 15) is 4.79 Å². The molecular weight excluding hydrogens is 324 g/mol. The first-order valence-electron chi connectivity index (χ1n) is 8.59. The molecule has 23 heavy (non-hydrogen) atoms. The van der Waals surface area contributed by atoms with Crippen LogP contribution in [0.1, 0.15) is 46.7 Å². The van der Waals surface area contributed by atoms with E-state index in [2.05, 4.69) is 29.3 Å². The lowest BCUT2D eigenvalue weighted by atomic mass is 10.0. The second kappa shape index (κ2) is 8.45. The maximum absolute atomic E-state index is 12.3. The lowest BCUT2D eigenvalue weighted by Gasteiger charge is -2.33. The Bertz CT molecular complexity index is 514. The third kappa shape index (κ3) is 4.68. The molecule has 0 bridgehead atoms. The van der Waals surface area contributed by atoms with Crippen molar-refractivity contribution in [1.82, 2.24) is 10.2 Å². The Morgan fingerprint density at radius 2 is 1.96 bits per heavy atom. The van der Waals surface area contributed by atoms with Crippen molar-refractivity contribution in [2.45, 2.75) is 36.8 Å². The van der Waals surface area contributed by atoms with Gasteiger partial charge in [0.15, 0.2) is 0 Å². The van der Waals surface area contributed by atoms with Crippen molar-refractivity contribution in [3.05, 3.63) is 35.4 Å². The van der Waals surface area contributed by atoms with Crippen LogP contribution in [0.25, 0.3) is 0 Å². The highest BCUT2D eigenvalue weighted by atomic mass is 32.2. The van der Waals surface area contributed by atoms with Crippen molar-refractivity contribution in [3.8, 4) is 0 Å². The molecule has 0 radical (unpaired) electrons. The van der Waals surface area contributed by atoms with Gasteiger partial charge in [-0.05, 0) is 44.0 Å². The largest absolute Gasteiger partial charge is 0.351 e. The smallest absolute Gasteiger partial charge is 0.251 e. The molecule has 1 aromatic rings. The van der Waals surface area contributed by atoms with E-state index in [1.54, 1.807) is 0 Å². The summed E-state index contributed by atoms with van der Waals surface area (Å²) in [7, 11) is 0. The molecule has 0 spiro atoms. The Hall–Kier alpha value is -0.650. The van der Waals surface area contributed by atoms with E-state index in [1.807, 2.05) is 35.7 Å². The Labute approximate surface area is 148 Å². The molecule has 0 aliphatic carbocycles. The molecule has 2 aliphatic rings. The zero-order chi connectivity index (χ0) is 16.1. The molecule has 1 N–H and O–H groups in total. The van der Waals surface area contributed by atoms with Gasteiger partial charge in [0.25, 0.3) is 5.91 Å². The number of hydrogen-bond donors (Lipinski definition) is 1. The third-order valence-electron chi connectivity index (χ3n) is 4.69. The van der Waals surface area contributed by atoms with Gasteiger partial charge in [0.1, 0.15) is 0 Å². The van der Waals surface area contributed by atoms with Crippen LogP contribution in [0.3, 0.4) is 0 Å². The lowest BCUT2D eigenvalue weighted by molar-refractivity contribution is 0.0938. The molecular formula is C18H26N2OS2. The number of rotatable bonds is 5. The number of carbonyl (C=O) groups is 1. The van der Waals surface area contributed by atoms with Crippen LogP contribution in [0, 0.1) is 0 Å². The van der Waals surface area contributed by atoms with E-state index in [-0.39, 0.29) is 5.91 Å². The van der Waals surface area contributed by atoms with Crippen LogP contribution in [0.4, 0.5) is 0 Å². The normalized spacial score (nSPS) is 23.1. The number of nitrogens with one attached hydrogen (secondary N) is 1. The zero-order valence-electron chi connectivity index (χ0n) is 13.8. The third-order valence-corrected chi connectivity index (χ3v) is 7.80. The summed E-state index contributed by atoms with van der Waals surface area (Å²) in [6.45, 7) is 5.15. The minimum Gasteiger partial charge on any atom is -0.351 e. The van der Waals surface area contributed by atoms with Crippen molar-refractivity contribution >= 4 is 29.4 Å². The molecule has 2 heterocycles. The number of benzene rings is 1. The SMILES string of the molecule is CC1CCCCN1CCNC(=O)c1ccc(C2SCCS2)cc1. The van der Waals surface area contributed by atoms with E-state index in [0.717, 1.165) is 18.7 Å². The summed E-state index contributed by atoms with van der Waals surface area (Å²) in [6.07, 6.45) is 3.91. The number of amides is 1. The van der Waals surface area contributed by atoms with Crippen LogP contribution in [-0.2, 0) is 0 Å². The first-order valence-corrected chi connectivity index (χ1v) is 10.7. The molecule has 126 valence electrons. The average Bonchev–Trinajstić information content (AvgIpc) is 3.11. The van der Waals surface area contributed by atoms with Crippen LogP contribution >= 0.6 is 23.5 Å². The number of carbonyl (C=O) groups excluding carboxylic acids is 1. The summed E-state index contributed by atoms with van der Waals surface area (Å²) in [5, 5.41) is 3.06. The number of nitrogens with zero attached hydrogens (tertiary/aromatic N) is 1. The van der Waals surface area contributed by atoms with Gasteiger partial charge in [0, 0.05) is 36.2 Å². The van der Waals surface area contributed by atoms with Gasteiger partial charge in [0.2, 0.25) is 0 Å². The van der Waals surface area contributed by atoms with Crippen molar-refractivity contribution in [2.24, 2.45) is 0 Å². The number of piperidine rings is 1. The maximum atomic E-state index is 12.3. The van der Waals surface area contributed by atoms with Gasteiger partial charge in [-0.15, -0.1) is 23.5 Å². The van der Waals surface area contributed by atoms with Gasteiger partial charge in [-0.25, -0.2) is 0 Å². The Morgan fingerprint density at radius 1 is 1.22 bits per heavy atom. The van der Waals surface area contributed by atoms with E-state index in [1.165, 1.54) is 42.9 Å². The summed E-state index contributed by atoms with van der Waals surface area (Å²) in [5.41, 5.74) is 2.10. The van der Waals surface area contributed by atoms with Crippen molar-refractivity contribution in [2.75, 3.05) is 31.1 Å². The van der Waals surface area contributed by atoms with Gasteiger partial charge in [-0.2, -0.15) is 0 Å². The fraction of sp³-hybridized carbons (Fsp3) is 0.611. The van der Waals surface area contributed by atoms with E-state index < -0.39 is 0 Å². The van der Waals surface area contributed by atoms with E-state index >= 15 is 0 Å². The van der Waals surface area contributed by atoms with Gasteiger partial charge < -0.3 is 5.32 Å². The molecule has 3 nitrogen and oxygen atoms in total. The fourth-order valence-electron chi connectivity index (χ4n) is 3.25. The topological polar surface area (TPSA) is 32.3 Å². The predicted octanol–water partition coefficient (Wildman–Crippen LogP) is 3.77. The molecule has 5 heteroatoms. The predicted molar refractivity (Wildman–Crippen MR) is 101 cm³/mol. The highest BCUT2D eigenvalue weighted by Gasteiger charge is 2.19. The summed E-state index contributed by atoms with van der Waals surface area (Å²) >= 11 is 3.99. The Morgan fingerprint density at radius 3 is 2.65 bits per heavy atom. The van der Waals surface area contributed by atoms with Crippen LogP contribution in [0.5, 0.6) is 0 Å². The number of likely N-dealkylation sites (tertiary alicyclic amines) is 1. The monoisotopic (exact) mass is 350 g/mol. The maximum Gasteiger partial charge on any atom is 0.251 e. The molecule has 1 amide bonds. The first-order chi connectivity index (χ1) is 11.2. The standard InChI is InChI=1S/C18H26N2OS2/c1-14-4-2-3-10-20(14)11-9-19-17(21)15-5-7-16(8-6-15)18-22-12-13-23-18/h5-8,14,18H,2-4,9-13H2,1H3,(H,19,21). The average molecular weight is 351 g/mol. The molecule has 2 aliphatic heterocycles. The molecule has 2 fully saturated rings. The Kier molecular flexibility index (Phi) is 6.31. The van der Waals surface area contributed by atoms with E-state index in [0.29, 0.717) is 10.6 Å². The van der Waals surface area contributed by atoms with E-state index in [4.69, 9.17) is 0 Å². The minimum absolute atomic E-state index is 0.0490. The van der Waals surface area contributed by atoms with Crippen molar-refractivity contribution < 1.29 is 4.79 Å². The van der Waals surface area contributed by atoms with Gasteiger partial charge in [0.05, 0.1) is 4.58 Å². The second-order valence-electron chi connectivity index (χ2n) is 6.33. The minimum atomic E-state index is 0.0490. The summed E-state index contributed by atoms with van der Waals surface area (Å²) in [5.74, 6) is 2.51. The molecule has 1 unspecified atom stereocenters. The quantitative estimate of drug-likeness (QED) is 0.876. The first kappa shape index (κ1) is 17.2. The summed E-state index contributed by atoms with van der Waals surface area (Å²) < 4.78 is 0.549. The molecule has 1 aromatic carbocycles. The Balaban J connectivity index is 1.46.